The van der Waals surface area contributed by atoms with Gasteiger partial charge in [0.05, 0.1) is 15.9 Å². The highest BCUT2D eigenvalue weighted by atomic mass is 32.1. The molecule has 0 bridgehead atoms. The van der Waals surface area contributed by atoms with E-state index in [1.807, 2.05) is 58.0 Å². The van der Waals surface area contributed by atoms with Crippen molar-refractivity contribution in [3.8, 4) is 11.3 Å². The van der Waals surface area contributed by atoms with Gasteiger partial charge >= 0.3 is 0 Å². The highest BCUT2D eigenvalue weighted by Crippen LogP contribution is 2.38. The number of rotatable bonds is 2. The predicted molar refractivity (Wildman–Crippen MR) is 123 cm³/mol. The molecule has 0 saturated carbocycles. The van der Waals surface area contributed by atoms with Crippen LogP contribution >= 0.6 is 11.3 Å². The molecule has 0 saturated heterocycles. The quantitative estimate of drug-likeness (QED) is 0.306. The van der Waals surface area contributed by atoms with Crippen LogP contribution in [0.3, 0.4) is 0 Å². The van der Waals surface area contributed by atoms with E-state index >= 15 is 0 Å². The van der Waals surface area contributed by atoms with Crippen LogP contribution in [0.1, 0.15) is 43.8 Å². The number of aryl methyl sites for hydroxylation is 2. The Balaban J connectivity index is 1.74. The Hall–Kier alpha value is -2.72. The first-order chi connectivity index (χ1) is 15.8. The van der Waals surface area contributed by atoms with Gasteiger partial charge in [0.15, 0.2) is 0 Å². The number of para-hydroxylation sites is 1. The number of hydrogen-bond donors (Lipinski definition) is 0. The van der Waals surface area contributed by atoms with Crippen molar-refractivity contribution in [2.24, 2.45) is 5.41 Å². The average Bonchev–Trinajstić information content (AvgIpc) is 3.27. The summed E-state index contributed by atoms with van der Waals surface area (Å²) >= 11 is 1.55. The largest absolute Gasteiger partial charge is 0.437 e. The second kappa shape index (κ2) is 6.39. The SMILES string of the molecule is [2H]C([2H])([2H])c1ccc2c(n1)oc1c(-c3ccc4sc(C)c(C([2H])([2H])C(C)(C)C)c4n3)cccc12. The summed E-state index contributed by atoms with van der Waals surface area (Å²) in [6.07, 6.45) is -1.57. The zero-order valence-electron chi connectivity index (χ0n) is 21.8. The minimum atomic E-state index is -2.32. The summed E-state index contributed by atoms with van der Waals surface area (Å²) < 4.78 is 47.7. The molecule has 5 aromatic rings. The van der Waals surface area contributed by atoms with Crippen molar-refractivity contribution in [3.63, 3.8) is 0 Å². The first kappa shape index (κ1) is 13.5. The molecule has 0 fully saturated rings. The normalized spacial score (nSPS) is 15.9. The van der Waals surface area contributed by atoms with Crippen LogP contribution in [0.25, 0.3) is 43.5 Å². The number of aromatic nitrogens is 2. The van der Waals surface area contributed by atoms with E-state index in [9.17, 15) is 0 Å². The summed E-state index contributed by atoms with van der Waals surface area (Å²) in [4.78, 5) is 10.1. The van der Waals surface area contributed by atoms with Crippen molar-refractivity contribution in [2.75, 3.05) is 0 Å². The number of furan rings is 1. The van der Waals surface area contributed by atoms with Gasteiger partial charge < -0.3 is 4.42 Å². The van der Waals surface area contributed by atoms with Crippen LogP contribution in [0.2, 0.25) is 0 Å². The molecule has 1 aromatic carbocycles. The van der Waals surface area contributed by atoms with E-state index < -0.39 is 18.6 Å². The van der Waals surface area contributed by atoms with Crippen molar-refractivity contribution in [1.29, 1.82) is 0 Å². The first-order valence-electron chi connectivity index (χ1n) is 12.0. The van der Waals surface area contributed by atoms with Gasteiger partial charge in [-0.3, -0.25) is 0 Å². The van der Waals surface area contributed by atoms with E-state index in [0.717, 1.165) is 25.9 Å². The summed E-state index contributed by atoms with van der Waals surface area (Å²) in [6.45, 7) is 5.32. The standard InChI is InChI=1S/C25H24N2OS/c1-14-9-10-17-16-7-6-8-18(23(16)28-24(17)26-14)20-11-12-21-22(27-20)19(15(2)29-21)13-25(3,4)5/h6-12H,13H2,1-5H3/i1D3,13D2. The van der Waals surface area contributed by atoms with Crippen molar-refractivity contribution in [2.45, 2.75) is 40.9 Å². The molecule has 0 aliphatic carbocycles. The fourth-order valence-corrected chi connectivity index (χ4v) is 4.60. The van der Waals surface area contributed by atoms with Gasteiger partial charge in [-0.2, -0.15) is 0 Å². The van der Waals surface area contributed by atoms with Crippen LogP contribution in [0, 0.1) is 19.2 Å². The number of pyridine rings is 2. The van der Waals surface area contributed by atoms with Gasteiger partial charge in [0, 0.05) is 33.8 Å². The monoisotopic (exact) mass is 405 g/mol. The van der Waals surface area contributed by atoms with Gasteiger partial charge in [0.25, 0.3) is 0 Å². The van der Waals surface area contributed by atoms with Gasteiger partial charge in [0.2, 0.25) is 5.71 Å². The topological polar surface area (TPSA) is 38.9 Å². The predicted octanol–water partition coefficient (Wildman–Crippen LogP) is 7.46. The molecule has 0 atom stereocenters. The zero-order valence-corrected chi connectivity index (χ0v) is 17.6. The molecule has 4 aromatic heterocycles. The molecule has 146 valence electrons. The highest BCUT2D eigenvalue weighted by molar-refractivity contribution is 7.19. The molecule has 0 unspecified atom stereocenters. The maximum Gasteiger partial charge on any atom is 0.227 e. The molecular weight excluding hydrogens is 376 g/mol. The third-order valence-corrected chi connectivity index (χ3v) is 5.91. The summed E-state index contributed by atoms with van der Waals surface area (Å²) in [7, 11) is 0. The number of fused-ring (bicyclic) bond motifs is 4. The lowest BCUT2D eigenvalue weighted by atomic mass is 9.88. The third kappa shape index (κ3) is 3.12. The van der Waals surface area contributed by atoms with Crippen LogP contribution < -0.4 is 0 Å². The average molecular weight is 406 g/mol. The van der Waals surface area contributed by atoms with E-state index in [2.05, 4.69) is 4.98 Å². The molecule has 0 spiro atoms. The summed E-state index contributed by atoms with van der Waals surface area (Å²) in [5.41, 5.74) is 2.94. The zero-order chi connectivity index (χ0) is 24.6. The number of hydrogen-bond acceptors (Lipinski definition) is 4. The van der Waals surface area contributed by atoms with Crippen LogP contribution in [0.4, 0.5) is 0 Å². The van der Waals surface area contributed by atoms with E-state index in [1.54, 1.807) is 17.4 Å². The molecule has 0 amide bonds. The molecular formula is C25H24N2OS. The molecule has 0 aliphatic rings. The van der Waals surface area contributed by atoms with Gasteiger partial charge in [-0.1, -0.05) is 32.9 Å². The Morgan fingerprint density at radius 1 is 1.07 bits per heavy atom. The Kier molecular flexibility index (Phi) is 2.97. The fourth-order valence-electron chi connectivity index (χ4n) is 3.64. The lowest BCUT2D eigenvalue weighted by Gasteiger charge is -2.18. The smallest absolute Gasteiger partial charge is 0.227 e. The van der Waals surface area contributed by atoms with Gasteiger partial charge in [0.1, 0.15) is 5.58 Å². The Morgan fingerprint density at radius 3 is 2.72 bits per heavy atom. The van der Waals surface area contributed by atoms with Crippen molar-refractivity contribution >= 4 is 43.6 Å². The first-order valence-corrected chi connectivity index (χ1v) is 10.3. The minimum absolute atomic E-state index is 0.0112. The van der Waals surface area contributed by atoms with E-state index in [-0.39, 0.29) is 11.4 Å². The number of thiophene rings is 1. The second-order valence-electron chi connectivity index (χ2n) is 8.29. The summed E-state index contributed by atoms with van der Waals surface area (Å²) in [5.74, 6) is 0. The van der Waals surface area contributed by atoms with Crippen molar-refractivity contribution in [3.05, 3.63) is 58.6 Å². The molecule has 0 aliphatic heterocycles. The van der Waals surface area contributed by atoms with Crippen LogP contribution in [0.15, 0.2) is 46.9 Å². The minimum Gasteiger partial charge on any atom is -0.437 e. The van der Waals surface area contributed by atoms with Gasteiger partial charge in [-0.15, -0.1) is 11.3 Å². The molecule has 5 rings (SSSR count). The number of benzene rings is 1. The lowest BCUT2D eigenvalue weighted by molar-refractivity contribution is 0.412. The van der Waals surface area contributed by atoms with Crippen LogP contribution in [0.5, 0.6) is 0 Å². The van der Waals surface area contributed by atoms with Crippen LogP contribution in [-0.4, -0.2) is 9.97 Å². The van der Waals surface area contributed by atoms with Crippen molar-refractivity contribution in [1.82, 2.24) is 9.97 Å². The summed E-state index contributed by atoms with van der Waals surface area (Å²) in [5, 5.41) is 1.56. The van der Waals surface area contributed by atoms with Gasteiger partial charge in [-0.25, -0.2) is 9.97 Å². The van der Waals surface area contributed by atoms with E-state index in [4.69, 9.17) is 16.3 Å². The fraction of sp³-hybridized carbons (Fsp3) is 0.280. The van der Waals surface area contributed by atoms with Gasteiger partial charge in [-0.05, 0) is 61.5 Å². The summed E-state index contributed by atoms with van der Waals surface area (Å²) in [6, 6.07) is 12.9. The highest BCUT2D eigenvalue weighted by Gasteiger charge is 2.20. The van der Waals surface area contributed by atoms with E-state index in [0.29, 0.717) is 22.4 Å². The van der Waals surface area contributed by atoms with Crippen LogP contribution in [-0.2, 0) is 6.37 Å². The van der Waals surface area contributed by atoms with Crippen molar-refractivity contribution < 1.29 is 11.3 Å². The molecule has 4 heteroatoms. The number of nitrogens with zero attached hydrogens (tertiary/aromatic N) is 2. The molecule has 3 nitrogen and oxygen atoms in total. The second-order valence-corrected chi connectivity index (χ2v) is 9.54. The molecule has 0 radical (unpaired) electrons. The molecule has 29 heavy (non-hydrogen) atoms. The van der Waals surface area contributed by atoms with E-state index in [1.165, 1.54) is 6.07 Å². The maximum atomic E-state index is 8.87. The Morgan fingerprint density at radius 2 is 1.93 bits per heavy atom. The third-order valence-electron chi connectivity index (χ3n) is 4.85. The maximum absolute atomic E-state index is 8.87. The molecule has 0 N–H and O–H groups in total. The lowest BCUT2D eigenvalue weighted by Crippen LogP contribution is -2.09. The Labute approximate surface area is 181 Å². The Bertz CT molecular complexity index is 1570. The molecule has 4 heterocycles.